The van der Waals surface area contributed by atoms with Gasteiger partial charge < -0.3 is 4.90 Å². The molecule has 0 saturated heterocycles. The summed E-state index contributed by atoms with van der Waals surface area (Å²) in [5.41, 5.74) is 15.6. The first-order valence-electron chi connectivity index (χ1n) is 15.2. The molecule has 7 rings (SSSR count). The van der Waals surface area contributed by atoms with Gasteiger partial charge in [0, 0.05) is 23.0 Å². The topological polar surface area (TPSA) is 3.24 Å². The molecule has 1 atom stereocenters. The van der Waals surface area contributed by atoms with E-state index in [0.717, 1.165) is 19.3 Å². The molecule has 0 aromatic heterocycles. The van der Waals surface area contributed by atoms with E-state index >= 15 is 0 Å². The van der Waals surface area contributed by atoms with Crippen LogP contribution in [0.1, 0.15) is 58.4 Å². The van der Waals surface area contributed by atoms with E-state index in [4.69, 9.17) is 0 Å². The maximum Gasteiger partial charge on any atom is 0.0458 e. The molecular weight excluding hydrogens is 494 g/mol. The predicted molar refractivity (Wildman–Crippen MR) is 174 cm³/mol. The molecular formula is C40H39N. The van der Waals surface area contributed by atoms with Crippen LogP contribution in [0, 0.1) is 5.92 Å². The van der Waals surface area contributed by atoms with Crippen LogP contribution in [-0.4, -0.2) is 0 Å². The van der Waals surface area contributed by atoms with Gasteiger partial charge in [-0.15, -0.1) is 0 Å². The molecule has 1 heteroatoms. The second-order valence-electron chi connectivity index (χ2n) is 12.9. The zero-order chi connectivity index (χ0) is 28.0. The predicted octanol–water partition coefficient (Wildman–Crippen LogP) is 10.9. The van der Waals surface area contributed by atoms with Gasteiger partial charge >= 0.3 is 0 Å². The molecule has 0 spiro atoms. The lowest BCUT2D eigenvalue weighted by Crippen LogP contribution is -2.22. The molecule has 1 nitrogen and oxygen atoms in total. The molecule has 0 N–H and O–H groups in total. The minimum atomic E-state index is 0.129. The van der Waals surface area contributed by atoms with Crippen molar-refractivity contribution in [3.63, 3.8) is 0 Å². The summed E-state index contributed by atoms with van der Waals surface area (Å²) >= 11 is 0. The summed E-state index contributed by atoms with van der Waals surface area (Å²) in [4.78, 5) is 2.50. The van der Waals surface area contributed by atoms with Gasteiger partial charge in [-0.25, -0.2) is 0 Å². The van der Waals surface area contributed by atoms with Crippen LogP contribution < -0.4 is 4.90 Å². The van der Waals surface area contributed by atoms with Crippen molar-refractivity contribution < 1.29 is 0 Å². The second-order valence-corrected chi connectivity index (χ2v) is 12.9. The van der Waals surface area contributed by atoms with Crippen LogP contribution in [0.15, 0.2) is 149 Å². The lowest BCUT2D eigenvalue weighted by atomic mass is 9.70. The average Bonchev–Trinajstić information content (AvgIpc) is 3.01. The maximum absolute atomic E-state index is 2.52. The molecule has 0 heterocycles. The molecule has 0 saturated carbocycles. The molecule has 0 bridgehead atoms. The molecule has 0 fully saturated rings. The van der Waals surface area contributed by atoms with Gasteiger partial charge in [-0.3, -0.25) is 0 Å². The fraction of sp³-hybridized carbons (Fsp3) is 0.250. The van der Waals surface area contributed by atoms with E-state index in [1.165, 1.54) is 63.3 Å². The van der Waals surface area contributed by atoms with Crippen LogP contribution in [0.25, 0.3) is 11.1 Å². The zero-order valence-electron chi connectivity index (χ0n) is 24.5. The summed E-state index contributed by atoms with van der Waals surface area (Å²) in [6.45, 7) is 6.86. The third-order valence-corrected chi connectivity index (χ3v) is 9.28. The monoisotopic (exact) mass is 533 g/mol. The second kappa shape index (κ2) is 10.4. The number of benzene rings is 3. The first-order chi connectivity index (χ1) is 20.0. The normalized spacial score (nSPS) is 19.7. The molecule has 4 aliphatic rings. The molecule has 0 aliphatic heterocycles. The number of nitrogens with zero attached hydrogens (tertiary/aromatic N) is 1. The summed E-state index contributed by atoms with van der Waals surface area (Å²) in [6.07, 6.45) is 19.9. The molecule has 204 valence electrons. The summed E-state index contributed by atoms with van der Waals surface area (Å²) in [5.74, 6) is 0.555. The van der Waals surface area contributed by atoms with Crippen molar-refractivity contribution in [2.24, 2.45) is 5.92 Å². The van der Waals surface area contributed by atoms with Gasteiger partial charge in [0.1, 0.15) is 0 Å². The fourth-order valence-corrected chi connectivity index (χ4v) is 6.98. The van der Waals surface area contributed by atoms with E-state index in [1.54, 1.807) is 11.1 Å². The van der Waals surface area contributed by atoms with Gasteiger partial charge in [-0.1, -0.05) is 117 Å². The van der Waals surface area contributed by atoms with Gasteiger partial charge in [0.25, 0.3) is 0 Å². The minimum Gasteiger partial charge on any atom is -0.314 e. The van der Waals surface area contributed by atoms with Crippen molar-refractivity contribution in [3.05, 3.63) is 154 Å². The molecule has 3 aromatic carbocycles. The highest BCUT2D eigenvalue weighted by atomic mass is 15.1. The van der Waals surface area contributed by atoms with Crippen LogP contribution in [0.4, 0.5) is 11.4 Å². The Hall–Kier alpha value is -4.10. The Morgan fingerprint density at radius 2 is 1.37 bits per heavy atom. The third-order valence-electron chi connectivity index (χ3n) is 9.28. The van der Waals surface area contributed by atoms with Gasteiger partial charge in [-0.2, -0.15) is 0 Å². The largest absolute Gasteiger partial charge is 0.314 e. The lowest BCUT2D eigenvalue weighted by molar-refractivity contribution is 0.590. The smallest absolute Gasteiger partial charge is 0.0458 e. The first-order valence-corrected chi connectivity index (χ1v) is 15.2. The number of allylic oxidation sites excluding steroid dienone is 12. The lowest BCUT2D eigenvalue weighted by Gasteiger charge is -2.37. The summed E-state index contributed by atoms with van der Waals surface area (Å²) in [6, 6.07) is 29.0. The summed E-state index contributed by atoms with van der Waals surface area (Å²) in [7, 11) is 0. The highest BCUT2D eigenvalue weighted by molar-refractivity contribution is 5.74. The molecule has 3 aromatic rings. The van der Waals surface area contributed by atoms with Crippen LogP contribution in [0.3, 0.4) is 0 Å². The van der Waals surface area contributed by atoms with Crippen LogP contribution in [0.2, 0.25) is 0 Å². The van der Waals surface area contributed by atoms with E-state index in [2.05, 4.69) is 141 Å². The van der Waals surface area contributed by atoms with Gasteiger partial charge in [0.2, 0.25) is 0 Å². The maximum atomic E-state index is 2.52. The van der Waals surface area contributed by atoms with E-state index in [0.29, 0.717) is 5.92 Å². The SMILES string of the molecule is CC(C)(C)c1ccc(N(C2=CC3=C(CC2)CCC2=C3C=CC3=CC=CCC32)c2ccc(-c3ccccc3)cc2)cc1. The number of anilines is 2. The Kier molecular flexibility index (Phi) is 6.54. The van der Waals surface area contributed by atoms with E-state index in [9.17, 15) is 0 Å². The number of hydrogen-bond donors (Lipinski definition) is 0. The van der Waals surface area contributed by atoms with Crippen molar-refractivity contribution in [2.45, 2.75) is 58.3 Å². The van der Waals surface area contributed by atoms with Crippen molar-refractivity contribution in [1.29, 1.82) is 0 Å². The zero-order valence-corrected chi connectivity index (χ0v) is 24.5. The Morgan fingerprint density at radius 3 is 2.10 bits per heavy atom. The highest BCUT2D eigenvalue weighted by Crippen LogP contribution is 2.48. The summed E-state index contributed by atoms with van der Waals surface area (Å²) in [5, 5.41) is 0. The Labute approximate surface area is 245 Å². The first kappa shape index (κ1) is 25.8. The van der Waals surface area contributed by atoms with Gasteiger partial charge in [0.05, 0.1) is 0 Å². The average molecular weight is 534 g/mol. The van der Waals surface area contributed by atoms with Gasteiger partial charge in [-0.05, 0) is 101 Å². The Balaban J connectivity index is 1.30. The van der Waals surface area contributed by atoms with Crippen molar-refractivity contribution >= 4 is 11.4 Å². The number of hydrogen-bond acceptors (Lipinski definition) is 1. The Bertz CT molecular complexity index is 1650. The minimum absolute atomic E-state index is 0.129. The number of rotatable bonds is 4. The highest BCUT2D eigenvalue weighted by Gasteiger charge is 2.31. The fourth-order valence-electron chi connectivity index (χ4n) is 6.98. The standard InChI is InChI=1S/C40H39N/c1-40(2,3)32-18-23-34(24-19-32)41(33-20-13-29(14-21-33)28-9-5-4-6-10-28)35-22-15-31-17-25-37-36-12-8-7-11-30(36)16-26-38(37)39(31)27-35/h4-11,13-14,16,18-21,23-24,26-27,36H,12,15,17,22,25H2,1-3H3. The molecule has 1 unspecified atom stereocenters. The van der Waals surface area contributed by atoms with E-state index < -0.39 is 0 Å². The van der Waals surface area contributed by atoms with Gasteiger partial charge in [0.15, 0.2) is 0 Å². The van der Waals surface area contributed by atoms with E-state index in [-0.39, 0.29) is 5.41 Å². The quantitative estimate of drug-likeness (QED) is 0.322. The van der Waals surface area contributed by atoms with Crippen LogP contribution in [-0.2, 0) is 5.41 Å². The molecule has 41 heavy (non-hydrogen) atoms. The third kappa shape index (κ3) is 4.88. The van der Waals surface area contributed by atoms with E-state index in [1.807, 2.05) is 0 Å². The number of fused-ring (bicyclic) bond motifs is 3. The molecule has 0 radical (unpaired) electrons. The van der Waals surface area contributed by atoms with Crippen molar-refractivity contribution in [3.8, 4) is 11.1 Å². The van der Waals surface area contributed by atoms with Crippen molar-refractivity contribution in [1.82, 2.24) is 0 Å². The van der Waals surface area contributed by atoms with Crippen LogP contribution in [0.5, 0.6) is 0 Å². The molecule has 4 aliphatic carbocycles. The summed E-state index contributed by atoms with van der Waals surface area (Å²) < 4.78 is 0. The van der Waals surface area contributed by atoms with Crippen LogP contribution >= 0.6 is 0 Å². The Morgan fingerprint density at radius 1 is 0.683 bits per heavy atom. The van der Waals surface area contributed by atoms with Crippen molar-refractivity contribution in [2.75, 3.05) is 4.90 Å². The molecule has 0 amide bonds.